The molecule has 1 unspecified atom stereocenters. The summed E-state index contributed by atoms with van der Waals surface area (Å²) in [7, 11) is 1.64. The maximum Gasteiger partial charge on any atom is 0.242 e. The Balaban J connectivity index is 2.05. The van der Waals surface area contributed by atoms with E-state index in [0.717, 1.165) is 37.0 Å². The van der Waals surface area contributed by atoms with E-state index in [4.69, 9.17) is 10.5 Å². The highest BCUT2D eigenvalue weighted by Crippen LogP contribution is 2.41. The number of fused-ring (bicyclic) bond motifs is 1. The normalized spacial score (nSPS) is 25.8. The molecule has 1 aromatic rings. The number of amides is 1. The Morgan fingerprint density at radius 1 is 1.50 bits per heavy atom. The smallest absolute Gasteiger partial charge is 0.242 e. The van der Waals surface area contributed by atoms with Crippen molar-refractivity contribution in [2.75, 3.05) is 7.11 Å². The summed E-state index contributed by atoms with van der Waals surface area (Å²) in [6, 6.07) is 6.36. The third kappa shape index (κ3) is 1.68. The number of nitrogens with one attached hydrogen (secondary N) is 1. The van der Waals surface area contributed by atoms with E-state index < -0.39 is 5.54 Å². The van der Waals surface area contributed by atoms with Gasteiger partial charge in [-0.05, 0) is 48.9 Å². The van der Waals surface area contributed by atoms with Gasteiger partial charge < -0.3 is 10.5 Å². The molecule has 0 aromatic heterocycles. The molecule has 0 saturated heterocycles. The summed E-state index contributed by atoms with van der Waals surface area (Å²) in [5.74, 6) is 0.500. The maximum atomic E-state index is 12.0. The van der Waals surface area contributed by atoms with E-state index in [2.05, 4.69) is 5.32 Å². The van der Waals surface area contributed by atoms with Gasteiger partial charge in [-0.2, -0.15) is 0 Å². The first-order chi connectivity index (χ1) is 8.65. The van der Waals surface area contributed by atoms with Gasteiger partial charge in [-0.15, -0.1) is 0 Å². The number of carbonyl (C=O) groups is 1. The van der Waals surface area contributed by atoms with E-state index >= 15 is 0 Å². The van der Waals surface area contributed by atoms with Gasteiger partial charge >= 0.3 is 0 Å². The number of primary amides is 1. The second-order valence-corrected chi connectivity index (χ2v) is 5.21. The lowest BCUT2D eigenvalue weighted by atomic mass is 9.90. The van der Waals surface area contributed by atoms with E-state index in [9.17, 15) is 4.79 Å². The fourth-order valence-corrected chi connectivity index (χ4v) is 2.81. The molecule has 0 radical (unpaired) electrons. The standard InChI is InChI=1S/C14H18N2O2/c1-18-11-5-2-9-6-7-14(13(15)17,12(9)8-11)16-10-3-4-10/h2,5,8,10,16H,3-4,6-7H2,1H3,(H2,15,17). The van der Waals surface area contributed by atoms with Gasteiger partial charge in [0.05, 0.1) is 7.11 Å². The lowest BCUT2D eigenvalue weighted by Gasteiger charge is -2.28. The van der Waals surface area contributed by atoms with Crippen molar-refractivity contribution in [2.45, 2.75) is 37.3 Å². The van der Waals surface area contributed by atoms with Crippen molar-refractivity contribution in [3.8, 4) is 5.75 Å². The van der Waals surface area contributed by atoms with Crippen LogP contribution >= 0.6 is 0 Å². The number of hydrogen-bond donors (Lipinski definition) is 2. The zero-order valence-electron chi connectivity index (χ0n) is 10.5. The predicted octanol–water partition coefficient (Wildman–Crippen LogP) is 1.07. The van der Waals surface area contributed by atoms with Crippen LogP contribution in [0.3, 0.4) is 0 Å². The Hall–Kier alpha value is -1.55. The number of aryl methyl sites for hydroxylation is 1. The fraction of sp³-hybridized carbons (Fsp3) is 0.500. The van der Waals surface area contributed by atoms with Crippen LogP contribution in [0.2, 0.25) is 0 Å². The second-order valence-electron chi connectivity index (χ2n) is 5.21. The number of carbonyl (C=O) groups excluding carboxylic acids is 1. The van der Waals surface area contributed by atoms with Crippen molar-refractivity contribution in [3.63, 3.8) is 0 Å². The number of rotatable bonds is 4. The number of benzene rings is 1. The van der Waals surface area contributed by atoms with E-state index in [0.29, 0.717) is 6.04 Å². The number of methoxy groups -OCH3 is 1. The van der Waals surface area contributed by atoms with Crippen molar-refractivity contribution in [3.05, 3.63) is 29.3 Å². The van der Waals surface area contributed by atoms with Crippen molar-refractivity contribution in [1.29, 1.82) is 0 Å². The molecule has 1 saturated carbocycles. The van der Waals surface area contributed by atoms with Crippen LogP contribution in [-0.2, 0) is 16.8 Å². The summed E-state index contributed by atoms with van der Waals surface area (Å²) in [4.78, 5) is 12.0. The molecule has 18 heavy (non-hydrogen) atoms. The fourth-order valence-electron chi connectivity index (χ4n) is 2.81. The maximum absolute atomic E-state index is 12.0. The average Bonchev–Trinajstić information content (AvgIpc) is 3.10. The summed E-state index contributed by atoms with van der Waals surface area (Å²) in [6.07, 6.45) is 3.91. The molecule has 3 rings (SSSR count). The quantitative estimate of drug-likeness (QED) is 0.835. The summed E-state index contributed by atoms with van der Waals surface area (Å²) in [6.45, 7) is 0. The SMILES string of the molecule is COc1ccc2c(c1)C(NC1CC1)(C(N)=O)CC2. The molecule has 96 valence electrons. The summed E-state index contributed by atoms with van der Waals surface area (Å²) in [5.41, 5.74) is 7.18. The Bertz CT molecular complexity index is 497. The molecule has 3 N–H and O–H groups in total. The third-order valence-electron chi connectivity index (χ3n) is 3.99. The molecule has 4 nitrogen and oxygen atoms in total. The van der Waals surface area contributed by atoms with Crippen LogP contribution in [0.15, 0.2) is 18.2 Å². The number of nitrogens with two attached hydrogens (primary N) is 1. The van der Waals surface area contributed by atoms with Crippen molar-refractivity contribution < 1.29 is 9.53 Å². The van der Waals surface area contributed by atoms with Gasteiger partial charge in [-0.25, -0.2) is 0 Å². The van der Waals surface area contributed by atoms with Gasteiger partial charge in [-0.1, -0.05) is 6.07 Å². The zero-order valence-corrected chi connectivity index (χ0v) is 10.5. The summed E-state index contributed by atoms with van der Waals surface area (Å²) < 4.78 is 5.25. The minimum atomic E-state index is -0.689. The first kappa shape index (κ1) is 11.5. The highest BCUT2D eigenvalue weighted by molar-refractivity contribution is 5.88. The molecular weight excluding hydrogens is 228 g/mol. The zero-order chi connectivity index (χ0) is 12.8. The molecule has 1 fully saturated rings. The van der Waals surface area contributed by atoms with E-state index in [-0.39, 0.29) is 5.91 Å². The van der Waals surface area contributed by atoms with E-state index in [1.165, 1.54) is 5.56 Å². The molecule has 2 aliphatic rings. The van der Waals surface area contributed by atoms with Crippen LogP contribution in [0.5, 0.6) is 5.75 Å². The first-order valence-corrected chi connectivity index (χ1v) is 6.41. The number of ether oxygens (including phenoxy) is 1. The topological polar surface area (TPSA) is 64.3 Å². The van der Waals surface area contributed by atoms with Crippen molar-refractivity contribution >= 4 is 5.91 Å². The van der Waals surface area contributed by atoms with Crippen molar-refractivity contribution in [2.24, 2.45) is 5.73 Å². The van der Waals surface area contributed by atoms with Gasteiger partial charge in [0, 0.05) is 6.04 Å². The molecule has 0 heterocycles. The van der Waals surface area contributed by atoms with Crippen LogP contribution in [0.1, 0.15) is 30.4 Å². The molecule has 0 bridgehead atoms. The average molecular weight is 246 g/mol. The minimum absolute atomic E-state index is 0.276. The molecule has 1 aromatic carbocycles. The largest absolute Gasteiger partial charge is 0.497 e. The lowest BCUT2D eigenvalue weighted by molar-refractivity contribution is -0.124. The summed E-state index contributed by atoms with van der Waals surface area (Å²) in [5, 5.41) is 3.44. The molecule has 1 amide bonds. The molecule has 4 heteroatoms. The molecular formula is C14H18N2O2. The molecule has 1 atom stereocenters. The molecule has 2 aliphatic carbocycles. The Labute approximate surface area is 107 Å². The van der Waals surface area contributed by atoms with Crippen molar-refractivity contribution in [1.82, 2.24) is 5.32 Å². The lowest BCUT2D eigenvalue weighted by Crippen LogP contribution is -2.52. The molecule has 0 spiro atoms. The van der Waals surface area contributed by atoms with Gasteiger partial charge in [0.1, 0.15) is 11.3 Å². The third-order valence-corrected chi connectivity index (χ3v) is 3.99. The van der Waals surface area contributed by atoms with Gasteiger partial charge in [0.15, 0.2) is 0 Å². The van der Waals surface area contributed by atoms with Crippen LogP contribution in [-0.4, -0.2) is 19.1 Å². The molecule has 0 aliphatic heterocycles. The Morgan fingerprint density at radius 3 is 2.89 bits per heavy atom. The van der Waals surface area contributed by atoms with E-state index in [1.54, 1.807) is 7.11 Å². The van der Waals surface area contributed by atoms with Crippen LogP contribution in [0.4, 0.5) is 0 Å². The second kappa shape index (κ2) is 3.99. The van der Waals surface area contributed by atoms with Crippen LogP contribution in [0.25, 0.3) is 0 Å². The number of hydrogen-bond acceptors (Lipinski definition) is 3. The predicted molar refractivity (Wildman–Crippen MR) is 68.3 cm³/mol. The Morgan fingerprint density at radius 2 is 2.28 bits per heavy atom. The summed E-state index contributed by atoms with van der Waals surface area (Å²) >= 11 is 0. The monoisotopic (exact) mass is 246 g/mol. The highest BCUT2D eigenvalue weighted by atomic mass is 16.5. The van der Waals surface area contributed by atoms with Crippen LogP contribution in [0, 0.1) is 0 Å². The minimum Gasteiger partial charge on any atom is -0.497 e. The first-order valence-electron chi connectivity index (χ1n) is 6.41. The van der Waals surface area contributed by atoms with Gasteiger partial charge in [-0.3, -0.25) is 10.1 Å². The van der Waals surface area contributed by atoms with Gasteiger partial charge in [0.25, 0.3) is 0 Å². The van der Waals surface area contributed by atoms with Gasteiger partial charge in [0.2, 0.25) is 5.91 Å². The Kier molecular flexibility index (Phi) is 2.55. The van der Waals surface area contributed by atoms with Crippen LogP contribution < -0.4 is 15.8 Å². The van der Waals surface area contributed by atoms with E-state index in [1.807, 2.05) is 18.2 Å². The highest BCUT2D eigenvalue weighted by Gasteiger charge is 2.47.